The van der Waals surface area contributed by atoms with Gasteiger partial charge in [-0.05, 0) is 45.9 Å². The molecule has 0 saturated heterocycles. The summed E-state index contributed by atoms with van der Waals surface area (Å²) in [4.78, 5) is 24.1. The molecule has 0 saturated carbocycles. The summed E-state index contributed by atoms with van der Waals surface area (Å²) in [5.41, 5.74) is -1.48. The highest BCUT2D eigenvalue weighted by Gasteiger charge is 2.54. The Morgan fingerprint density at radius 1 is 1.15 bits per heavy atom. The first-order valence-corrected chi connectivity index (χ1v) is 14.8. The van der Waals surface area contributed by atoms with E-state index < -0.39 is 82.1 Å². The molecule has 2 heterocycles. The number of halogens is 6. The summed E-state index contributed by atoms with van der Waals surface area (Å²) in [7, 11) is -4.69. The molecular formula is C25H32F6N6O8S. The Bertz CT molecular complexity index is 1540. The monoisotopic (exact) mass is 690 g/mol. The number of fused-ring (bicyclic) bond motifs is 1. The quantitative estimate of drug-likeness (QED) is 0.255. The average molecular weight is 691 g/mol. The number of nitrogens with two attached hydrogens (primary N) is 1. The molecule has 1 unspecified atom stereocenters. The van der Waals surface area contributed by atoms with Crippen molar-refractivity contribution in [2.45, 2.75) is 68.7 Å². The van der Waals surface area contributed by atoms with Crippen LogP contribution in [0.15, 0.2) is 29.3 Å². The molecule has 0 fully saturated rings. The number of carbonyl (C=O) groups excluding carboxylic acids is 2. The first-order valence-electron chi connectivity index (χ1n) is 13.4. The Hall–Kier alpha value is -3.98. The van der Waals surface area contributed by atoms with Crippen LogP contribution >= 0.6 is 0 Å². The Balaban J connectivity index is 2.02. The number of aryl methyl sites for hydroxylation is 1. The molecule has 46 heavy (non-hydrogen) atoms. The number of amides is 2. The number of hydrogen-bond acceptors (Lipinski definition) is 10. The van der Waals surface area contributed by atoms with E-state index in [-0.39, 0.29) is 30.3 Å². The Morgan fingerprint density at radius 3 is 2.37 bits per heavy atom. The van der Waals surface area contributed by atoms with Crippen LogP contribution in [-0.2, 0) is 26.1 Å². The molecule has 2 atom stereocenters. The molecule has 14 nitrogen and oxygen atoms in total. The van der Waals surface area contributed by atoms with Crippen molar-refractivity contribution in [1.29, 1.82) is 0 Å². The molecule has 2 aromatic rings. The fourth-order valence-corrected chi connectivity index (χ4v) is 5.34. The van der Waals surface area contributed by atoms with E-state index in [1.807, 2.05) is 5.32 Å². The SMILES string of the molecule is CCn1cc(S(=O)(=O)N2C[C@H](CNC(=O)C(C)(N)C(F)(F)F)Oc3ccc(NC(=O)OC(C)(C)C(F)(F)F)cc32)c(OCCO)n1. The van der Waals surface area contributed by atoms with Crippen molar-refractivity contribution in [2.75, 3.05) is 35.9 Å². The molecule has 0 radical (unpaired) electrons. The van der Waals surface area contributed by atoms with Gasteiger partial charge < -0.3 is 30.4 Å². The number of sulfonamides is 1. The minimum absolute atomic E-state index is 0.195. The minimum atomic E-state index is -5.11. The van der Waals surface area contributed by atoms with Crippen LogP contribution in [0.25, 0.3) is 0 Å². The maximum Gasteiger partial charge on any atom is 0.427 e. The van der Waals surface area contributed by atoms with Crippen LogP contribution in [0.5, 0.6) is 11.6 Å². The van der Waals surface area contributed by atoms with Crippen molar-refractivity contribution < 1.29 is 63.7 Å². The lowest BCUT2D eigenvalue weighted by atomic mass is 10.0. The molecule has 258 valence electrons. The van der Waals surface area contributed by atoms with E-state index in [2.05, 4.69) is 15.2 Å². The van der Waals surface area contributed by atoms with Crippen molar-refractivity contribution >= 4 is 33.4 Å². The van der Waals surface area contributed by atoms with Gasteiger partial charge in [0.05, 0.1) is 25.4 Å². The lowest BCUT2D eigenvalue weighted by Gasteiger charge is -2.36. The van der Waals surface area contributed by atoms with Gasteiger partial charge in [-0.25, -0.2) is 13.2 Å². The number of aliphatic hydroxyl groups is 1. The van der Waals surface area contributed by atoms with E-state index in [9.17, 15) is 49.5 Å². The van der Waals surface area contributed by atoms with Crippen LogP contribution < -0.4 is 30.1 Å². The molecule has 21 heteroatoms. The summed E-state index contributed by atoms with van der Waals surface area (Å²) in [5.74, 6) is -2.21. The Morgan fingerprint density at radius 2 is 1.80 bits per heavy atom. The van der Waals surface area contributed by atoms with Gasteiger partial charge in [0.25, 0.3) is 15.9 Å². The van der Waals surface area contributed by atoms with E-state index in [1.165, 1.54) is 4.68 Å². The van der Waals surface area contributed by atoms with Crippen LogP contribution in [0.2, 0.25) is 0 Å². The highest BCUT2D eigenvalue weighted by molar-refractivity contribution is 7.93. The number of carbonyl (C=O) groups is 2. The van der Waals surface area contributed by atoms with Gasteiger partial charge in [0.2, 0.25) is 11.5 Å². The van der Waals surface area contributed by atoms with Crippen LogP contribution in [0.1, 0.15) is 27.7 Å². The molecule has 0 aliphatic carbocycles. The standard InChI is InChI=1S/C25H32F6N6O8S/c1-5-36-13-18(19(35-36)43-9-8-38)46(41,42)37-12-15(11-33-20(39)23(4,32)25(29,30)31)44-17-7-6-14(10-16(17)37)34-21(40)45-22(2,3)24(26,27)28/h6-7,10,13,15,38H,5,8-9,11-12,32H2,1-4H3,(H,33,39)(H,34,40)/t15-,23?/m0/s1. The van der Waals surface area contributed by atoms with Crippen LogP contribution in [0, 0.1) is 0 Å². The number of ether oxygens (including phenoxy) is 3. The van der Waals surface area contributed by atoms with E-state index in [4.69, 9.17) is 15.2 Å². The van der Waals surface area contributed by atoms with Gasteiger partial charge in [-0.3, -0.25) is 19.1 Å². The van der Waals surface area contributed by atoms with Gasteiger partial charge >= 0.3 is 18.4 Å². The average Bonchev–Trinajstić information content (AvgIpc) is 3.37. The number of nitrogens with one attached hydrogen (secondary N) is 2. The smallest absolute Gasteiger partial charge is 0.427 e. The number of anilines is 2. The minimum Gasteiger partial charge on any atom is -0.484 e. The number of rotatable bonds is 11. The molecule has 3 rings (SSSR count). The zero-order valence-corrected chi connectivity index (χ0v) is 25.6. The van der Waals surface area contributed by atoms with Crippen molar-refractivity contribution in [2.24, 2.45) is 5.73 Å². The summed E-state index contributed by atoms with van der Waals surface area (Å²) < 4.78 is 125. The van der Waals surface area contributed by atoms with Crippen molar-refractivity contribution in [3.05, 3.63) is 24.4 Å². The van der Waals surface area contributed by atoms with Gasteiger partial charge in [0.1, 0.15) is 18.5 Å². The first kappa shape index (κ1) is 36.5. The lowest BCUT2D eigenvalue weighted by molar-refractivity contribution is -0.242. The number of aliphatic hydroxyl groups excluding tert-OH is 1. The van der Waals surface area contributed by atoms with Crippen molar-refractivity contribution in [1.82, 2.24) is 15.1 Å². The van der Waals surface area contributed by atoms with Gasteiger partial charge in [0, 0.05) is 18.4 Å². The maximum atomic E-state index is 14.1. The number of alkyl halides is 6. The number of benzene rings is 1. The Kier molecular flexibility index (Phi) is 10.3. The first-order chi connectivity index (χ1) is 21.0. The van der Waals surface area contributed by atoms with Crippen LogP contribution in [-0.4, -0.2) is 91.2 Å². The fourth-order valence-electron chi connectivity index (χ4n) is 3.76. The maximum absolute atomic E-state index is 14.1. The summed E-state index contributed by atoms with van der Waals surface area (Å²) in [6, 6.07) is 3.32. The summed E-state index contributed by atoms with van der Waals surface area (Å²) in [6.45, 7) is 1.43. The van der Waals surface area contributed by atoms with Crippen LogP contribution in [0.4, 0.5) is 42.5 Å². The third kappa shape index (κ3) is 7.69. The largest absolute Gasteiger partial charge is 0.484 e. The summed E-state index contributed by atoms with van der Waals surface area (Å²) >= 11 is 0. The third-order valence-corrected chi connectivity index (χ3v) is 8.40. The number of hydrogen-bond donors (Lipinski definition) is 4. The van der Waals surface area contributed by atoms with E-state index in [0.717, 1.165) is 28.7 Å². The van der Waals surface area contributed by atoms with Crippen LogP contribution in [0.3, 0.4) is 0 Å². The second-order valence-electron chi connectivity index (χ2n) is 10.6. The zero-order chi connectivity index (χ0) is 34.9. The van der Waals surface area contributed by atoms with Gasteiger partial charge in [-0.15, -0.1) is 5.10 Å². The number of nitrogens with zero attached hydrogens (tertiary/aromatic N) is 3. The highest BCUT2D eigenvalue weighted by Crippen LogP contribution is 2.41. The number of aromatic nitrogens is 2. The molecule has 1 aromatic heterocycles. The topological polar surface area (TPSA) is 187 Å². The van der Waals surface area contributed by atoms with Crippen molar-refractivity contribution in [3.63, 3.8) is 0 Å². The summed E-state index contributed by atoms with van der Waals surface area (Å²) in [6.07, 6.45) is -11.7. The lowest BCUT2D eigenvalue weighted by Crippen LogP contribution is -2.62. The predicted octanol–water partition coefficient (Wildman–Crippen LogP) is 2.52. The van der Waals surface area contributed by atoms with Crippen molar-refractivity contribution in [3.8, 4) is 11.6 Å². The predicted molar refractivity (Wildman–Crippen MR) is 148 cm³/mol. The van der Waals surface area contributed by atoms with E-state index in [0.29, 0.717) is 20.8 Å². The fraction of sp³-hybridized carbons (Fsp3) is 0.560. The molecule has 2 amide bonds. The normalized spacial score (nSPS) is 17.0. The molecular weight excluding hydrogens is 658 g/mol. The third-order valence-electron chi connectivity index (χ3n) is 6.64. The molecule has 1 aromatic carbocycles. The molecule has 1 aliphatic heterocycles. The van der Waals surface area contributed by atoms with Gasteiger partial charge in [-0.1, -0.05) is 0 Å². The zero-order valence-electron chi connectivity index (χ0n) is 24.8. The highest BCUT2D eigenvalue weighted by atomic mass is 32.2. The van der Waals surface area contributed by atoms with E-state index in [1.54, 1.807) is 6.92 Å². The van der Waals surface area contributed by atoms with Gasteiger partial charge in [0.15, 0.2) is 10.4 Å². The second-order valence-corrected chi connectivity index (χ2v) is 12.4. The summed E-state index contributed by atoms with van der Waals surface area (Å²) in [5, 5.41) is 17.3. The van der Waals surface area contributed by atoms with Gasteiger partial charge in [-0.2, -0.15) is 26.3 Å². The second kappa shape index (κ2) is 13.0. The molecule has 5 N–H and O–H groups in total. The molecule has 0 spiro atoms. The molecule has 1 aliphatic rings. The van der Waals surface area contributed by atoms with E-state index >= 15 is 0 Å². The Labute approximate surface area is 258 Å². The molecule has 0 bridgehead atoms.